The molecule has 0 radical (unpaired) electrons. The molecule has 1 aromatic rings. The quantitative estimate of drug-likeness (QED) is 0.907. The summed E-state index contributed by atoms with van der Waals surface area (Å²) in [5.74, 6) is -0.961. The first-order valence-corrected chi connectivity index (χ1v) is 8.79. The molecule has 0 unspecified atom stereocenters. The number of piperazine rings is 1. The third-order valence-corrected chi connectivity index (χ3v) is 5.62. The second-order valence-corrected chi connectivity index (χ2v) is 7.08. The summed E-state index contributed by atoms with van der Waals surface area (Å²) in [5, 5.41) is 13.0. The minimum Gasteiger partial charge on any atom is -0.481 e. The van der Waals surface area contributed by atoms with Crippen molar-refractivity contribution < 1.29 is 19.5 Å². The van der Waals surface area contributed by atoms with Crippen LogP contribution in [0.4, 0.5) is 0 Å². The highest BCUT2D eigenvalue weighted by atomic mass is 32.1. The van der Waals surface area contributed by atoms with Gasteiger partial charge in [0.15, 0.2) is 0 Å². The first kappa shape index (κ1) is 16.0. The summed E-state index contributed by atoms with van der Waals surface area (Å²) in [6.07, 6.45) is 2.14. The van der Waals surface area contributed by atoms with Crippen LogP contribution < -0.4 is 0 Å². The highest BCUT2D eigenvalue weighted by molar-refractivity contribution is 7.08. The van der Waals surface area contributed by atoms with E-state index in [0.717, 1.165) is 6.42 Å². The van der Waals surface area contributed by atoms with Crippen molar-refractivity contribution in [2.45, 2.75) is 25.7 Å². The normalized spacial score (nSPS) is 20.0. The molecule has 1 aliphatic heterocycles. The Hall–Kier alpha value is -1.89. The van der Waals surface area contributed by atoms with Gasteiger partial charge < -0.3 is 14.9 Å². The van der Waals surface area contributed by atoms with Gasteiger partial charge in [-0.05, 0) is 24.3 Å². The SMILES string of the molecule is O=C(CC1(C(=O)O)CCC1)N1CCN(C(=O)c2ccsc2)CC1. The lowest BCUT2D eigenvalue weighted by Gasteiger charge is -2.40. The van der Waals surface area contributed by atoms with E-state index in [0.29, 0.717) is 44.6 Å². The maximum atomic E-state index is 12.4. The molecule has 124 valence electrons. The smallest absolute Gasteiger partial charge is 0.310 e. The number of amides is 2. The Morgan fingerprint density at radius 3 is 2.26 bits per heavy atom. The molecule has 1 saturated carbocycles. The summed E-state index contributed by atoms with van der Waals surface area (Å²) >= 11 is 1.49. The molecule has 0 atom stereocenters. The van der Waals surface area contributed by atoms with Gasteiger partial charge in [0.2, 0.25) is 5.91 Å². The zero-order valence-corrected chi connectivity index (χ0v) is 13.7. The van der Waals surface area contributed by atoms with Crippen LogP contribution in [-0.2, 0) is 9.59 Å². The number of thiophene rings is 1. The number of rotatable bonds is 4. The maximum Gasteiger partial charge on any atom is 0.310 e. The Balaban J connectivity index is 1.53. The highest BCUT2D eigenvalue weighted by Crippen LogP contribution is 2.44. The predicted molar refractivity (Wildman–Crippen MR) is 85.3 cm³/mol. The van der Waals surface area contributed by atoms with Gasteiger partial charge in [0.05, 0.1) is 11.0 Å². The molecule has 2 amide bonds. The van der Waals surface area contributed by atoms with Crippen molar-refractivity contribution in [2.75, 3.05) is 26.2 Å². The van der Waals surface area contributed by atoms with Gasteiger partial charge in [-0.1, -0.05) is 6.42 Å². The van der Waals surface area contributed by atoms with E-state index < -0.39 is 11.4 Å². The third kappa shape index (κ3) is 3.10. The van der Waals surface area contributed by atoms with Crippen LogP contribution in [0.3, 0.4) is 0 Å². The van der Waals surface area contributed by atoms with Crippen LogP contribution in [0.5, 0.6) is 0 Å². The van der Waals surface area contributed by atoms with Crippen LogP contribution in [0, 0.1) is 5.41 Å². The Bertz CT molecular complexity index is 602. The van der Waals surface area contributed by atoms with E-state index in [9.17, 15) is 19.5 Å². The first-order chi connectivity index (χ1) is 11.0. The molecule has 0 bridgehead atoms. The van der Waals surface area contributed by atoms with E-state index in [1.165, 1.54) is 11.3 Å². The summed E-state index contributed by atoms with van der Waals surface area (Å²) in [6, 6.07) is 1.80. The van der Waals surface area contributed by atoms with Crippen molar-refractivity contribution in [3.05, 3.63) is 22.4 Å². The monoisotopic (exact) mass is 336 g/mol. The minimum atomic E-state index is -0.858. The summed E-state index contributed by atoms with van der Waals surface area (Å²) < 4.78 is 0. The summed E-state index contributed by atoms with van der Waals surface area (Å²) in [4.78, 5) is 39.5. The van der Waals surface area contributed by atoms with E-state index >= 15 is 0 Å². The number of aliphatic carboxylic acids is 1. The molecule has 1 aliphatic carbocycles. The van der Waals surface area contributed by atoms with Gasteiger partial charge in [-0.2, -0.15) is 11.3 Å². The van der Waals surface area contributed by atoms with Gasteiger partial charge in [0, 0.05) is 38.0 Å². The zero-order valence-electron chi connectivity index (χ0n) is 12.9. The molecule has 1 saturated heterocycles. The molecule has 6 nitrogen and oxygen atoms in total. The van der Waals surface area contributed by atoms with Gasteiger partial charge in [0.25, 0.3) is 5.91 Å². The zero-order chi connectivity index (χ0) is 16.4. The van der Waals surface area contributed by atoms with E-state index in [2.05, 4.69) is 0 Å². The van der Waals surface area contributed by atoms with E-state index in [1.54, 1.807) is 15.9 Å². The Labute approximate surface area is 138 Å². The van der Waals surface area contributed by atoms with Crippen LogP contribution >= 0.6 is 11.3 Å². The molecule has 2 heterocycles. The van der Waals surface area contributed by atoms with Crippen molar-refractivity contribution in [3.8, 4) is 0 Å². The average molecular weight is 336 g/mol. The number of nitrogens with zero attached hydrogens (tertiary/aromatic N) is 2. The fourth-order valence-electron chi connectivity index (χ4n) is 3.20. The van der Waals surface area contributed by atoms with Crippen LogP contribution in [0.15, 0.2) is 16.8 Å². The molecule has 23 heavy (non-hydrogen) atoms. The molecule has 0 aromatic carbocycles. The molecule has 1 N–H and O–H groups in total. The molecular formula is C16H20N2O4S. The molecule has 3 rings (SSSR count). The van der Waals surface area contributed by atoms with E-state index in [1.807, 2.05) is 10.8 Å². The minimum absolute atomic E-state index is 0.000604. The molecule has 2 aliphatic rings. The summed E-state index contributed by atoms with van der Waals surface area (Å²) in [6.45, 7) is 1.95. The van der Waals surface area contributed by atoms with Crippen LogP contribution in [0.1, 0.15) is 36.0 Å². The summed E-state index contributed by atoms with van der Waals surface area (Å²) in [7, 11) is 0. The molecular weight excluding hydrogens is 316 g/mol. The largest absolute Gasteiger partial charge is 0.481 e. The van der Waals surface area contributed by atoms with E-state index in [4.69, 9.17) is 0 Å². The number of carboxylic acid groups (broad SMARTS) is 1. The standard InChI is InChI=1S/C16H20N2O4S/c19-13(10-16(15(21)22)3-1-4-16)17-5-7-18(8-6-17)14(20)12-2-9-23-11-12/h2,9,11H,1,3-8,10H2,(H,21,22). The van der Waals surface area contributed by atoms with Crippen molar-refractivity contribution in [3.63, 3.8) is 0 Å². The number of carbonyl (C=O) groups excluding carboxylic acids is 2. The highest BCUT2D eigenvalue weighted by Gasteiger charge is 2.46. The Morgan fingerprint density at radius 1 is 1.13 bits per heavy atom. The van der Waals surface area contributed by atoms with Crippen LogP contribution in [0.2, 0.25) is 0 Å². The van der Waals surface area contributed by atoms with Crippen LogP contribution in [-0.4, -0.2) is 58.9 Å². The van der Waals surface area contributed by atoms with Crippen molar-refractivity contribution >= 4 is 29.1 Å². The van der Waals surface area contributed by atoms with Gasteiger partial charge in [-0.25, -0.2) is 0 Å². The van der Waals surface area contributed by atoms with Crippen LogP contribution in [0.25, 0.3) is 0 Å². The third-order valence-electron chi connectivity index (χ3n) is 4.94. The second-order valence-electron chi connectivity index (χ2n) is 6.30. The van der Waals surface area contributed by atoms with Crippen molar-refractivity contribution in [2.24, 2.45) is 5.41 Å². The van der Waals surface area contributed by atoms with E-state index in [-0.39, 0.29) is 18.2 Å². The molecule has 1 aromatic heterocycles. The lowest BCUT2D eigenvalue weighted by Crippen LogP contribution is -2.52. The topological polar surface area (TPSA) is 77.9 Å². The molecule has 2 fully saturated rings. The van der Waals surface area contributed by atoms with Gasteiger partial charge in [-0.15, -0.1) is 0 Å². The fraction of sp³-hybridized carbons (Fsp3) is 0.562. The Morgan fingerprint density at radius 2 is 1.78 bits per heavy atom. The van der Waals surface area contributed by atoms with Gasteiger partial charge in [0.1, 0.15) is 0 Å². The number of hydrogen-bond acceptors (Lipinski definition) is 4. The molecule has 7 heteroatoms. The lowest BCUT2D eigenvalue weighted by molar-refractivity contribution is -0.159. The first-order valence-electron chi connectivity index (χ1n) is 7.84. The second kappa shape index (κ2) is 6.31. The Kier molecular flexibility index (Phi) is 4.39. The van der Waals surface area contributed by atoms with Crippen molar-refractivity contribution in [1.82, 2.24) is 9.80 Å². The number of carboxylic acids is 1. The fourth-order valence-corrected chi connectivity index (χ4v) is 3.83. The predicted octanol–water partition coefficient (Wildman–Crippen LogP) is 1.68. The lowest BCUT2D eigenvalue weighted by atomic mass is 9.66. The number of hydrogen-bond donors (Lipinski definition) is 1. The maximum absolute atomic E-state index is 12.4. The molecule has 0 spiro atoms. The number of carbonyl (C=O) groups is 3. The van der Waals surface area contributed by atoms with Gasteiger partial charge in [-0.3, -0.25) is 14.4 Å². The van der Waals surface area contributed by atoms with Gasteiger partial charge >= 0.3 is 5.97 Å². The van der Waals surface area contributed by atoms with Crippen molar-refractivity contribution in [1.29, 1.82) is 0 Å². The average Bonchev–Trinajstić information content (AvgIpc) is 3.04. The summed E-state index contributed by atoms with van der Waals surface area (Å²) in [5.41, 5.74) is -0.158.